The van der Waals surface area contributed by atoms with E-state index in [9.17, 15) is 29.4 Å². The minimum absolute atomic E-state index is 0.0103. The second-order valence-corrected chi connectivity index (χ2v) is 12.6. The van der Waals surface area contributed by atoms with Crippen molar-refractivity contribution in [3.8, 4) is 22.6 Å². The van der Waals surface area contributed by atoms with Gasteiger partial charge in [0.15, 0.2) is 23.9 Å². The van der Waals surface area contributed by atoms with Gasteiger partial charge in [0, 0.05) is 5.92 Å². The van der Waals surface area contributed by atoms with Crippen molar-refractivity contribution in [3.05, 3.63) is 88.7 Å². The number of nitrogens with two attached hydrogens (primary N) is 1. The van der Waals surface area contributed by atoms with Crippen molar-refractivity contribution in [2.24, 2.45) is 23.5 Å². The fraction of sp³-hybridized carbons (Fsp3) is 0.314. The van der Waals surface area contributed by atoms with Crippen molar-refractivity contribution >= 4 is 28.9 Å². The van der Waals surface area contributed by atoms with E-state index in [0.29, 0.717) is 18.0 Å². The summed E-state index contributed by atoms with van der Waals surface area (Å²) in [6.45, 7) is 0.362. The number of phenolic OH excluding ortho intramolecular Hbond substituents is 1. The lowest BCUT2D eigenvalue weighted by molar-refractivity contribution is -0.170. The lowest BCUT2D eigenvalue weighted by Crippen LogP contribution is -2.69. The number of ether oxygens (including phenoxy) is 2. The number of primary amides is 1. The summed E-state index contributed by atoms with van der Waals surface area (Å²) in [7, 11) is 3.40. The minimum atomic E-state index is -2.70. The normalized spacial score (nSPS) is 26.5. The van der Waals surface area contributed by atoms with Crippen LogP contribution in [0.1, 0.15) is 27.9 Å². The maximum atomic E-state index is 14.3. The van der Waals surface area contributed by atoms with Gasteiger partial charge in [0.2, 0.25) is 5.78 Å². The Morgan fingerprint density at radius 2 is 1.87 bits per heavy atom. The van der Waals surface area contributed by atoms with Gasteiger partial charge in [-0.3, -0.25) is 24.1 Å². The molecule has 1 aliphatic heterocycles. The first kappa shape index (κ1) is 29.7. The number of hydrogen-bond acceptors (Lipinski definition) is 10. The molecule has 3 aromatic rings. The van der Waals surface area contributed by atoms with E-state index >= 15 is 0 Å². The smallest absolute Gasteiger partial charge is 0.255 e. The van der Waals surface area contributed by atoms with Gasteiger partial charge in [0.05, 0.1) is 23.2 Å². The van der Waals surface area contributed by atoms with Crippen molar-refractivity contribution in [3.63, 3.8) is 0 Å². The molecule has 1 amide bonds. The van der Waals surface area contributed by atoms with Crippen LogP contribution in [0.3, 0.4) is 0 Å². The Hall–Kier alpha value is -5.00. The number of phenols is 1. The van der Waals surface area contributed by atoms with Gasteiger partial charge in [-0.2, -0.15) is 0 Å². The van der Waals surface area contributed by atoms with Gasteiger partial charge in [0.25, 0.3) is 5.91 Å². The second-order valence-electron chi connectivity index (χ2n) is 12.6. The van der Waals surface area contributed by atoms with Crippen LogP contribution in [-0.4, -0.2) is 70.8 Å². The number of carbonyl (C=O) groups is 4. The van der Waals surface area contributed by atoms with Crippen LogP contribution in [0.5, 0.6) is 11.5 Å². The largest absolute Gasteiger partial charge is 0.507 e. The molecular formula is C35H33N3O8. The van der Waals surface area contributed by atoms with E-state index in [4.69, 9.17) is 15.2 Å². The molecule has 3 aromatic carbocycles. The van der Waals surface area contributed by atoms with Crippen molar-refractivity contribution in [2.45, 2.75) is 31.1 Å². The summed E-state index contributed by atoms with van der Waals surface area (Å²) in [5, 5.41) is 26.2. The standard InChI is InChI=1S/C35H33N3O8/c1-38(2)29-22-13-19-12-21-20(18-8-11-25-23(14-18)37-16-46-25)9-10-24(39)27(21)30(40)26(19)32(41)35(22,44)33(42)28(34(36)43)31(29)45-15-17-6-4-3-5-7-17/h3-11,14,19,22,26,29,37,39,44H,12-13,15-16H2,1-2H3,(H2,36,43). The molecule has 11 nitrogen and oxygen atoms in total. The summed E-state index contributed by atoms with van der Waals surface area (Å²) in [4.78, 5) is 57.0. The van der Waals surface area contributed by atoms with Gasteiger partial charge >= 0.3 is 0 Å². The predicted octanol–water partition coefficient (Wildman–Crippen LogP) is 2.58. The van der Waals surface area contributed by atoms with Crippen LogP contribution >= 0.6 is 0 Å². The lowest BCUT2D eigenvalue weighted by Gasteiger charge is -2.52. The Morgan fingerprint density at radius 1 is 1.11 bits per heavy atom. The zero-order chi connectivity index (χ0) is 32.5. The number of nitrogens with zero attached hydrogens (tertiary/aromatic N) is 1. The first-order valence-corrected chi connectivity index (χ1v) is 15.1. The van der Waals surface area contributed by atoms with Crippen molar-refractivity contribution < 1.29 is 38.9 Å². The van der Waals surface area contributed by atoms with E-state index in [1.54, 1.807) is 25.1 Å². The summed E-state index contributed by atoms with van der Waals surface area (Å²) in [5.41, 5.74) is 6.07. The highest BCUT2D eigenvalue weighted by atomic mass is 16.5. The van der Waals surface area contributed by atoms with Crippen LogP contribution in [-0.2, 0) is 32.1 Å². The fourth-order valence-electron chi connectivity index (χ4n) is 7.76. The third-order valence-corrected chi connectivity index (χ3v) is 9.80. The number of rotatable bonds is 6. The van der Waals surface area contributed by atoms with E-state index < -0.39 is 58.2 Å². The van der Waals surface area contributed by atoms with E-state index in [-0.39, 0.29) is 36.5 Å². The molecule has 1 heterocycles. The molecule has 46 heavy (non-hydrogen) atoms. The summed E-state index contributed by atoms with van der Waals surface area (Å²) >= 11 is 0. The lowest BCUT2D eigenvalue weighted by atomic mass is 9.54. The first-order valence-electron chi connectivity index (χ1n) is 15.1. The Balaban J connectivity index is 1.32. The number of Topliss-reactive ketones (excluding diaryl/α,β-unsaturated/α-hetero) is 3. The zero-order valence-electron chi connectivity index (χ0n) is 25.3. The molecule has 0 spiro atoms. The molecule has 5 unspecified atom stereocenters. The van der Waals surface area contributed by atoms with Crippen LogP contribution in [0.4, 0.5) is 5.69 Å². The molecule has 4 aliphatic rings. The summed E-state index contributed by atoms with van der Waals surface area (Å²) in [6, 6.07) is 17.0. The molecule has 0 aromatic heterocycles. The number of fused-ring (bicyclic) bond motifs is 4. The number of aliphatic hydroxyl groups is 1. The Labute approximate surface area is 264 Å². The third-order valence-electron chi connectivity index (χ3n) is 9.80. The number of ketones is 3. The van der Waals surface area contributed by atoms with Crippen LogP contribution < -0.4 is 15.8 Å². The molecule has 0 saturated heterocycles. The highest BCUT2D eigenvalue weighted by Gasteiger charge is 2.67. The molecule has 5 N–H and O–H groups in total. The minimum Gasteiger partial charge on any atom is -0.507 e. The first-order chi connectivity index (χ1) is 22.0. The summed E-state index contributed by atoms with van der Waals surface area (Å²) < 4.78 is 11.7. The number of hydrogen-bond donors (Lipinski definition) is 4. The highest BCUT2D eigenvalue weighted by Crippen LogP contribution is 2.53. The average Bonchev–Trinajstić information content (AvgIpc) is 3.50. The predicted molar refractivity (Wildman–Crippen MR) is 166 cm³/mol. The topological polar surface area (TPSA) is 168 Å². The maximum absolute atomic E-state index is 14.3. The van der Waals surface area contributed by atoms with Crippen LogP contribution in [0, 0.1) is 17.8 Å². The number of likely N-dealkylation sites (N-methyl/N-ethyl adjacent to an activating group) is 1. The molecule has 0 bridgehead atoms. The summed E-state index contributed by atoms with van der Waals surface area (Å²) in [5.74, 6) is -6.63. The molecular weight excluding hydrogens is 590 g/mol. The van der Waals surface area contributed by atoms with E-state index in [1.807, 2.05) is 48.5 Å². The molecule has 11 heteroatoms. The Kier molecular flexibility index (Phi) is 6.98. The number of anilines is 1. The molecule has 0 radical (unpaired) electrons. The second kappa shape index (κ2) is 10.8. The van der Waals surface area contributed by atoms with Gasteiger partial charge < -0.3 is 30.7 Å². The number of carbonyl (C=O) groups excluding carboxylic acids is 4. The maximum Gasteiger partial charge on any atom is 0.255 e. The number of benzene rings is 3. The summed E-state index contributed by atoms with van der Waals surface area (Å²) in [6.07, 6.45) is 0.321. The van der Waals surface area contributed by atoms with Gasteiger partial charge in [-0.25, -0.2) is 0 Å². The monoisotopic (exact) mass is 623 g/mol. The number of aromatic hydroxyl groups is 1. The van der Waals surface area contributed by atoms with Crippen LogP contribution in [0.25, 0.3) is 11.1 Å². The Morgan fingerprint density at radius 3 is 2.59 bits per heavy atom. The fourth-order valence-corrected chi connectivity index (χ4v) is 7.76. The highest BCUT2D eigenvalue weighted by molar-refractivity contribution is 6.32. The van der Waals surface area contributed by atoms with Gasteiger partial charge in [0.1, 0.15) is 29.4 Å². The Bertz CT molecular complexity index is 1850. The van der Waals surface area contributed by atoms with E-state index in [0.717, 1.165) is 22.4 Å². The van der Waals surface area contributed by atoms with Crippen molar-refractivity contribution in [1.29, 1.82) is 0 Å². The molecule has 5 atom stereocenters. The zero-order valence-corrected chi connectivity index (χ0v) is 25.3. The van der Waals surface area contributed by atoms with Crippen molar-refractivity contribution in [1.82, 2.24) is 4.90 Å². The van der Waals surface area contributed by atoms with Gasteiger partial charge in [-0.05, 0) is 73.3 Å². The van der Waals surface area contributed by atoms with E-state index in [2.05, 4.69) is 5.32 Å². The number of nitrogens with one attached hydrogen (secondary N) is 1. The van der Waals surface area contributed by atoms with Gasteiger partial charge in [-0.1, -0.05) is 42.5 Å². The van der Waals surface area contributed by atoms with Crippen LogP contribution in [0.15, 0.2) is 72.0 Å². The molecule has 236 valence electrons. The number of amides is 1. The third kappa shape index (κ3) is 4.33. The van der Waals surface area contributed by atoms with Gasteiger partial charge in [-0.15, -0.1) is 0 Å². The SMILES string of the molecule is CN(C)C1C(OCc2ccccc2)=C(C(N)=O)C(=O)C2(O)C(=O)C3C(=O)c4c(O)ccc(-c5ccc6c(c5)NCO6)c4CC3CC12. The average molecular weight is 624 g/mol. The molecule has 1 fully saturated rings. The van der Waals surface area contributed by atoms with E-state index in [1.165, 1.54) is 6.07 Å². The quantitative estimate of drug-likeness (QED) is 0.237. The molecule has 3 aliphatic carbocycles. The van der Waals surface area contributed by atoms with Crippen LogP contribution in [0.2, 0.25) is 0 Å². The molecule has 7 rings (SSSR count). The molecule has 1 saturated carbocycles. The van der Waals surface area contributed by atoms with Crippen molar-refractivity contribution in [2.75, 3.05) is 26.1 Å².